The van der Waals surface area contributed by atoms with Gasteiger partial charge in [-0.1, -0.05) is 26.8 Å². The zero-order valence-electron chi connectivity index (χ0n) is 14.0. The molecule has 0 aliphatic heterocycles. The van der Waals surface area contributed by atoms with Crippen molar-refractivity contribution in [3.63, 3.8) is 0 Å². The highest BCUT2D eigenvalue weighted by molar-refractivity contribution is 7.98. The molecule has 2 aromatic rings. The van der Waals surface area contributed by atoms with Crippen LogP contribution in [0.5, 0.6) is 0 Å². The summed E-state index contributed by atoms with van der Waals surface area (Å²) in [5.74, 6) is 0.792. The van der Waals surface area contributed by atoms with Gasteiger partial charge in [0.05, 0.1) is 6.54 Å². The number of aliphatic hydroxyl groups excluding tert-OH is 1. The molecule has 0 bridgehead atoms. The van der Waals surface area contributed by atoms with Crippen molar-refractivity contribution in [2.45, 2.75) is 45.3 Å². The quantitative estimate of drug-likeness (QED) is 0.848. The number of benzene rings is 1. The molecule has 1 aromatic carbocycles. The number of rotatable bonds is 6. The molecule has 0 aliphatic carbocycles. The van der Waals surface area contributed by atoms with Gasteiger partial charge in [0.1, 0.15) is 11.6 Å². The molecule has 126 valence electrons. The third kappa shape index (κ3) is 4.72. The van der Waals surface area contributed by atoms with E-state index >= 15 is 0 Å². The van der Waals surface area contributed by atoms with E-state index in [-0.39, 0.29) is 12.0 Å². The first-order valence-corrected chi connectivity index (χ1v) is 9.05. The summed E-state index contributed by atoms with van der Waals surface area (Å²) < 4.78 is 5.64. The maximum atomic E-state index is 11.8. The van der Waals surface area contributed by atoms with Crippen LogP contribution >= 0.6 is 11.8 Å². The zero-order valence-corrected chi connectivity index (χ0v) is 14.9. The maximum absolute atomic E-state index is 11.8. The monoisotopic (exact) mass is 336 g/mol. The van der Waals surface area contributed by atoms with E-state index in [1.54, 1.807) is 11.8 Å². The van der Waals surface area contributed by atoms with E-state index in [1.807, 2.05) is 24.5 Å². The van der Waals surface area contributed by atoms with Gasteiger partial charge in [-0.2, -0.15) is 11.8 Å². The molecule has 6 heteroatoms. The third-order valence-electron chi connectivity index (χ3n) is 3.61. The smallest absolute Gasteiger partial charge is 0.249 e. The minimum Gasteiger partial charge on any atom is -0.439 e. The molecule has 1 aromatic heterocycles. The van der Waals surface area contributed by atoms with Crippen molar-refractivity contribution in [2.75, 3.05) is 12.0 Å². The largest absolute Gasteiger partial charge is 0.439 e. The average molecular weight is 336 g/mol. The van der Waals surface area contributed by atoms with Crippen molar-refractivity contribution in [1.82, 2.24) is 10.3 Å². The van der Waals surface area contributed by atoms with Crippen LogP contribution in [0.3, 0.4) is 0 Å². The van der Waals surface area contributed by atoms with Gasteiger partial charge < -0.3 is 14.8 Å². The molecule has 5 nitrogen and oxygen atoms in total. The second-order valence-electron chi connectivity index (χ2n) is 6.56. The number of fused-ring (bicyclic) bond motifs is 1. The van der Waals surface area contributed by atoms with E-state index in [2.05, 4.69) is 31.1 Å². The minimum absolute atomic E-state index is 0.0446. The SMILES string of the molecule is CSCC[C@@H](O)C(=O)NCc1nc2cc(C(C)(C)C)ccc2o1. The normalized spacial score (nSPS) is 13.3. The average Bonchev–Trinajstić information content (AvgIpc) is 2.91. The van der Waals surface area contributed by atoms with E-state index in [1.165, 1.54) is 5.56 Å². The van der Waals surface area contributed by atoms with Gasteiger partial charge in [-0.25, -0.2) is 4.98 Å². The number of carbonyl (C=O) groups is 1. The number of nitrogens with zero attached hydrogens (tertiary/aromatic N) is 1. The molecular weight excluding hydrogens is 312 g/mol. The van der Waals surface area contributed by atoms with Crippen LogP contribution in [-0.4, -0.2) is 34.1 Å². The fourth-order valence-corrected chi connectivity index (χ4v) is 2.62. The number of oxazole rings is 1. The summed E-state index contributed by atoms with van der Waals surface area (Å²) in [5, 5.41) is 12.4. The number of amides is 1. The van der Waals surface area contributed by atoms with Gasteiger partial charge in [0.2, 0.25) is 11.8 Å². The minimum atomic E-state index is -0.987. The van der Waals surface area contributed by atoms with Crippen molar-refractivity contribution in [2.24, 2.45) is 0 Å². The van der Waals surface area contributed by atoms with E-state index in [0.717, 1.165) is 11.3 Å². The molecule has 1 amide bonds. The standard InChI is InChI=1S/C17H24N2O3S/c1-17(2,3)11-5-6-14-12(9-11)19-15(22-14)10-18-16(21)13(20)7-8-23-4/h5-6,9,13,20H,7-8,10H2,1-4H3,(H,18,21)/t13-/m1/s1. The maximum Gasteiger partial charge on any atom is 0.249 e. The molecule has 0 fully saturated rings. The van der Waals surface area contributed by atoms with E-state index in [4.69, 9.17) is 4.42 Å². The summed E-state index contributed by atoms with van der Waals surface area (Å²) in [6.07, 6.45) is 1.39. The molecule has 0 spiro atoms. The van der Waals surface area contributed by atoms with Gasteiger partial charge in [0.15, 0.2) is 5.58 Å². The molecule has 2 rings (SSSR count). The Balaban J connectivity index is 2.02. The van der Waals surface area contributed by atoms with Gasteiger partial charge in [-0.15, -0.1) is 0 Å². The van der Waals surface area contributed by atoms with Crippen LogP contribution in [0.2, 0.25) is 0 Å². The first-order chi connectivity index (χ1) is 10.8. The van der Waals surface area contributed by atoms with Crippen molar-refractivity contribution >= 4 is 28.8 Å². The summed E-state index contributed by atoms with van der Waals surface area (Å²) in [4.78, 5) is 16.2. The lowest BCUT2D eigenvalue weighted by Gasteiger charge is -2.18. The molecule has 2 N–H and O–H groups in total. The van der Waals surface area contributed by atoms with Gasteiger partial charge in [0.25, 0.3) is 0 Å². The topological polar surface area (TPSA) is 75.4 Å². The lowest BCUT2D eigenvalue weighted by molar-refractivity contribution is -0.129. The van der Waals surface area contributed by atoms with Crippen LogP contribution in [0.4, 0.5) is 0 Å². The second-order valence-corrected chi connectivity index (χ2v) is 7.54. The molecule has 0 radical (unpaired) electrons. The van der Waals surface area contributed by atoms with Gasteiger partial charge in [-0.3, -0.25) is 4.79 Å². The van der Waals surface area contributed by atoms with Crippen LogP contribution < -0.4 is 5.32 Å². The Morgan fingerprint density at radius 2 is 2.17 bits per heavy atom. The Kier molecular flexibility index (Phi) is 5.70. The summed E-state index contributed by atoms with van der Waals surface area (Å²) in [7, 11) is 0. The highest BCUT2D eigenvalue weighted by Gasteiger charge is 2.17. The highest BCUT2D eigenvalue weighted by atomic mass is 32.2. The molecule has 0 saturated carbocycles. The predicted octanol–water partition coefficient (Wildman–Crippen LogP) is 2.86. The number of carbonyl (C=O) groups excluding carboxylic acids is 1. The lowest BCUT2D eigenvalue weighted by Crippen LogP contribution is -2.34. The number of hydrogen-bond acceptors (Lipinski definition) is 5. The molecule has 23 heavy (non-hydrogen) atoms. The van der Waals surface area contributed by atoms with E-state index in [0.29, 0.717) is 17.9 Å². The fourth-order valence-electron chi connectivity index (χ4n) is 2.16. The van der Waals surface area contributed by atoms with Crippen molar-refractivity contribution in [3.8, 4) is 0 Å². The van der Waals surface area contributed by atoms with Crippen LogP contribution in [-0.2, 0) is 16.8 Å². The molecule has 1 atom stereocenters. The van der Waals surface area contributed by atoms with Crippen LogP contribution in [0.15, 0.2) is 22.6 Å². The Morgan fingerprint density at radius 3 is 2.83 bits per heavy atom. The number of nitrogens with one attached hydrogen (secondary N) is 1. The lowest BCUT2D eigenvalue weighted by atomic mass is 9.87. The first-order valence-electron chi connectivity index (χ1n) is 7.66. The molecule has 0 saturated heterocycles. The summed E-state index contributed by atoms with van der Waals surface area (Å²) in [5.41, 5.74) is 2.71. The number of thioether (sulfide) groups is 1. The molecular formula is C17H24N2O3S. The van der Waals surface area contributed by atoms with E-state index in [9.17, 15) is 9.90 Å². The highest BCUT2D eigenvalue weighted by Crippen LogP contribution is 2.26. The van der Waals surface area contributed by atoms with Gasteiger partial charge in [-0.05, 0) is 41.5 Å². The van der Waals surface area contributed by atoms with Crippen LogP contribution in [0, 0.1) is 0 Å². The first kappa shape index (κ1) is 17.8. The third-order valence-corrected chi connectivity index (χ3v) is 4.25. The summed E-state index contributed by atoms with van der Waals surface area (Å²) in [6.45, 7) is 6.61. The van der Waals surface area contributed by atoms with Crippen LogP contribution in [0.1, 0.15) is 38.6 Å². The molecule has 0 aliphatic rings. The second kappa shape index (κ2) is 7.36. The van der Waals surface area contributed by atoms with Crippen molar-refractivity contribution in [1.29, 1.82) is 0 Å². The Labute approximate surface area is 140 Å². The Morgan fingerprint density at radius 1 is 1.43 bits per heavy atom. The number of aromatic nitrogens is 1. The fraction of sp³-hybridized carbons (Fsp3) is 0.529. The molecule has 0 unspecified atom stereocenters. The molecule has 1 heterocycles. The van der Waals surface area contributed by atoms with Crippen molar-refractivity contribution in [3.05, 3.63) is 29.7 Å². The number of aliphatic hydroxyl groups is 1. The summed E-state index contributed by atoms with van der Waals surface area (Å²) in [6, 6.07) is 5.95. The zero-order chi connectivity index (χ0) is 17.0. The van der Waals surface area contributed by atoms with Gasteiger partial charge in [0, 0.05) is 0 Å². The Bertz CT molecular complexity index is 676. The number of hydrogen-bond donors (Lipinski definition) is 2. The van der Waals surface area contributed by atoms with E-state index < -0.39 is 12.0 Å². The van der Waals surface area contributed by atoms with Crippen LogP contribution in [0.25, 0.3) is 11.1 Å². The van der Waals surface area contributed by atoms with Crippen molar-refractivity contribution < 1.29 is 14.3 Å². The van der Waals surface area contributed by atoms with Gasteiger partial charge >= 0.3 is 0 Å². The Hall–Kier alpha value is -1.53. The predicted molar refractivity (Wildman–Crippen MR) is 93.6 cm³/mol. The summed E-state index contributed by atoms with van der Waals surface area (Å²) >= 11 is 1.60.